The van der Waals surface area contributed by atoms with Gasteiger partial charge in [0.15, 0.2) is 5.82 Å². The normalized spacial score (nSPS) is 12.3. The van der Waals surface area contributed by atoms with Crippen LogP contribution in [0.1, 0.15) is 13.3 Å². The maximum Gasteiger partial charge on any atom is 0.303 e. The van der Waals surface area contributed by atoms with E-state index in [1.807, 2.05) is 0 Å². The molecule has 1 aromatic carbocycles. The fourth-order valence-electron chi connectivity index (χ4n) is 1.85. The summed E-state index contributed by atoms with van der Waals surface area (Å²) in [5.74, 6) is -1.36. The summed E-state index contributed by atoms with van der Waals surface area (Å²) in [5, 5.41) is 20.1. The topological polar surface area (TPSA) is 80.9 Å². The summed E-state index contributed by atoms with van der Waals surface area (Å²) >= 11 is 5.70. The van der Waals surface area contributed by atoms with Crippen molar-refractivity contribution in [2.75, 3.05) is 0 Å². The fourth-order valence-corrected chi connectivity index (χ4v) is 2.01. The van der Waals surface area contributed by atoms with Crippen LogP contribution in [0.4, 0.5) is 4.39 Å². The molecule has 0 aliphatic rings. The van der Waals surface area contributed by atoms with Crippen LogP contribution in [0.25, 0.3) is 11.4 Å². The van der Waals surface area contributed by atoms with Crippen LogP contribution >= 0.6 is 11.6 Å². The molecule has 0 aliphatic heterocycles. The van der Waals surface area contributed by atoms with Crippen LogP contribution in [0.3, 0.4) is 0 Å². The Hall–Kier alpha value is -2.02. The minimum Gasteiger partial charge on any atom is -0.481 e. The lowest BCUT2D eigenvalue weighted by molar-refractivity contribution is -0.138. The number of aliphatic carboxylic acids is 1. The monoisotopic (exact) mass is 298 g/mol. The van der Waals surface area contributed by atoms with E-state index >= 15 is 0 Å². The van der Waals surface area contributed by atoms with Crippen LogP contribution in [-0.2, 0) is 11.3 Å². The summed E-state index contributed by atoms with van der Waals surface area (Å²) in [6.45, 7) is 2.05. The van der Waals surface area contributed by atoms with Gasteiger partial charge in [-0.25, -0.2) is 9.07 Å². The van der Waals surface area contributed by atoms with Crippen LogP contribution in [0, 0.1) is 11.7 Å². The first-order chi connectivity index (χ1) is 9.47. The Bertz CT molecular complexity index is 632. The predicted octanol–water partition coefficient (Wildman–Crippen LogP) is 2.24. The van der Waals surface area contributed by atoms with Crippen molar-refractivity contribution in [1.82, 2.24) is 20.2 Å². The summed E-state index contributed by atoms with van der Waals surface area (Å²) < 4.78 is 15.2. The van der Waals surface area contributed by atoms with E-state index in [0.717, 1.165) is 0 Å². The Kier molecular flexibility index (Phi) is 4.29. The van der Waals surface area contributed by atoms with Crippen molar-refractivity contribution >= 4 is 17.6 Å². The molecule has 0 saturated carbocycles. The summed E-state index contributed by atoms with van der Waals surface area (Å²) in [6, 6.07) is 4.21. The van der Waals surface area contributed by atoms with Gasteiger partial charge >= 0.3 is 5.97 Å². The number of rotatable bonds is 5. The molecule has 0 saturated heterocycles. The molecular weight excluding hydrogens is 287 g/mol. The maximum atomic E-state index is 13.9. The highest BCUT2D eigenvalue weighted by molar-refractivity contribution is 6.30. The number of carboxylic acid groups (broad SMARTS) is 1. The van der Waals surface area contributed by atoms with Gasteiger partial charge < -0.3 is 5.11 Å². The first-order valence-corrected chi connectivity index (χ1v) is 6.28. The van der Waals surface area contributed by atoms with Crippen molar-refractivity contribution in [3.8, 4) is 11.4 Å². The molecule has 0 bridgehead atoms. The minimum atomic E-state index is -0.898. The lowest BCUT2D eigenvalue weighted by Gasteiger charge is -2.10. The second-order valence-electron chi connectivity index (χ2n) is 4.51. The first kappa shape index (κ1) is 14.4. The number of benzene rings is 1. The van der Waals surface area contributed by atoms with Crippen molar-refractivity contribution in [1.29, 1.82) is 0 Å². The van der Waals surface area contributed by atoms with Gasteiger partial charge in [0.25, 0.3) is 0 Å². The van der Waals surface area contributed by atoms with Crippen LogP contribution in [0.5, 0.6) is 0 Å². The molecule has 106 valence electrons. The van der Waals surface area contributed by atoms with E-state index in [2.05, 4.69) is 15.5 Å². The van der Waals surface area contributed by atoms with Crippen LogP contribution in [0.15, 0.2) is 18.2 Å². The van der Waals surface area contributed by atoms with Gasteiger partial charge in [-0.15, -0.1) is 5.10 Å². The van der Waals surface area contributed by atoms with Crippen molar-refractivity contribution in [2.45, 2.75) is 19.9 Å². The number of hydrogen-bond donors (Lipinski definition) is 1. The van der Waals surface area contributed by atoms with E-state index in [-0.39, 0.29) is 35.3 Å². The van der Waals surface area contributed by atoms with Gasteiger partial charge in [0, 0.05) is 18.0 Å². The van der Waals surface area contributed by atoms with E-state index < -0.39 is 11.8 Å². The van der Waals surface area contributed by atoms with E-state index in [1.54, 1.807) is 13.0 Å². The van der Waals surface area contributed by atoms with Crippen molar-refractivity contribution in [2.24, 2.45) is 5.92 Å². The fraction of sp³-hybridized carbons (Fsp3) is 0.333. The highest BCUT2D eigenvalue weighted by Gasteiger charge is 2.16. The minimum absolute atomic E-state index is 0.0115. The Balaban J connectivity index is 2.26. The van der Waals surface area contributed by atoms with Gasteiger partial charge in [0.05, 0.1) is 5.56 Å². The molecule has 20 heavy (non-hydrogen) atoms. The number of halogens is 2. The summed E-state index contributed by atoms with van der Waals surface area (Å²) in [6.07, 6.45) is -0.0115. The predicted molar refractivity (Wildman–Crippen MR) is 69.6 cm³/mol. The highest BCUT2D eigenvalue weighted by atomic mass is 35.5. The molecule has 1 heterocycles. The number of carbonyl (C=O) groups is 1. The molecule has 0 spiro atoms. The average Bonchev–Trinajstić information content (AvgIpc) is 2.75. The Labute approximate surface area is 119 Å². The molecule has 2 rings (SSSR count). The molecule has 6 nitrogen and oxygen atoms in total. The van der Waals surface area contributed by atoms with Crippen LogP contribution < -0.4 is 0 Å². The van der Waals surface area contributed by atoms with Gasteiger partial charge in [0.2, 0.25) is 0 Å². The third-order valence-electron chi connectivity index (χ3n) is 2.71. The largest absolute Gasteiger partial charge is 0.481 e. The molecule has 0 amide bonds. The second-order valence-corrected chi connectivity index (χ2v) is 4.95. The maximum absolute atomic E-state index is 13.9. The smallest absolute Gasteiger partial charge is 0.303 e. The molecule has 0 aliphatic carbocycles. The molecule has 0 fully saturated rings. The van der Waals surface area contributed by atoms with E-state index in [9.17, 15) is 9.18 Å². The Morgan fingerprint density at radius 3 is 2.95 bits per heavy atom. The highest BCUT2D eigenvalue weighted by Crippen LogP contribution is 2.23. The zero-order chi connectivity index (χ0) is 14.7. The third-order valence-corrected chi connectivity index (χ3v) is 2.95. The van der Waals surface area contributed by atoms with Crippen LogP contribution in [0.2, 0.25) is 5.02 Å². The van der Waals surface area contributed by atoms with Crippen molar-refractivity contribution in [3.63, 3.8) is 0 Å². The number of aromatic nitrogens is 4. The number of carboxylic acids is 1. The number of tetrazole rings is 1. The quantitative estimate of drug-likeness (QED) is 0.915. The van der Waals surface area contributed by atoms with E-state index in [0.29, 0.717) is 0 Å². The molecule has 1 N–H and O–H groups in total. The van der Waals surface area contributed by atoms with Gasteiger partial charge in [-0.1, -0.05) is 18.5 Å². The lowest BCUT2D eigenvalue weighted by atomic mass is 10.1. The van der Waals surface area contributed by atoms with Crippen LogP contribution in [-0.4, -0.2) is 31.3 Å². The molecule has 1 aromatic heterocycles. The van der Waals surface area contributed by atoms with Gasteiger partial charge in [-0.3, -0.25) is 4.79 Å². The zero-order valence-electron chi connectivity index (χ0n) is 10.6. The number of nitrogens with zero attached hydrogens (tertiary/aromatic N) is 4. The molecule has 1 unspecified atom stereocenters. The van der Waals surface area contributed by atoms with E-state index in [1.165, 1.54) is 16.8 Å². The molecular formula is C12H12ClFN4O2. The molecule has 8 heteroatoms. The average molecular weight is 299 g/mol. The summed E-state index contributed by atoms with van der Waals surface area (Å²) in [4.78, 5) is 10.6. The van der Waals surface area contributed by atoms with Gasteiger partial charge in [-0.05, 0) is 34.5 Å². The van der Waals surface area contributed by atoms with Gasteiger partial charge in [-0.2, -0.15) is 0 Å². The molecule has 0 radical (unpaired) electrons. The third kappa shape index (κ3) is 3.30. The zero-order valence-corrected chi connectivity index (χ0v) is 11.4. The van der Waals surface area contributed by atoms with Gasteiger partial charge in [0.1, 0.15) is 5.82 Å². The lowest BCUT2D eigenvalue weighted by Crippen LogP contribution is -2.14. The standard InChI is InChI=1S/C12H12ClFN4O2/c1-7(4-11(19)20)6-18-12(15-16-17-18)9-3-2-8(13)5-10(9)14/h2-3,5,7H,4,6H2,1H3,(H,19,20). The Morgan fingerprint density at radius 2 is 2.30 bits per heavy atom. The van der Waals surface area contributed by atoms with Crippen molar-refractivity contribution in [3.05, 3.63) is 29.0 Å². The Morgan fingerprint density at radius 1 is 1.55 bits per heavy atom. The number of hydrogen-bond acceptors (Lipinski definition) is 4. The second kappa shape index (κ2) is 5.96. The SMILES string of the molecule is CC(CC(=O)O)Cn1nnnc1-c1ccc(Cl)cc1F. The molecule has 1 atom stereocenters. The molecule has 2 aromatic rings. The summed E-state index contributed by atoms with van der Waals surface area (Å²) in [5.41, 5.74) is 0.224. The van der Waals surface area contributed by atoms with Crippen molar-refractivity contribution < 1.29 is 14.3 Å². The van der Waals surface area contributed by atoms with E-state index in [4.69, 9.17) is 16.7 Å². The summed E-state index contributed by atoms with van der Waals surface area (Å²) in [7, 11) is 0. The first-order valence-electron chi connectivity index (χ1n) is 5.90.